The van der Waals surface area contributed by atoms with Gasteiger partial charge in [0.25, 0.3) is 5.69 Å². The molecule has 1 amide bonds. The first-order valence-corrected chi connectivity index (χ1v) is 9.98. The second-order valence-corrected chi connectivity index (χ2v) is 6.91. The molecule has 0 unspecified atom stereocenters. The number of hydrogen-bond acceptors (Lipinski definition) is 7. The molecule has 3 aromatic rings. The number of non-ortho nitro benzene ring substituents is 1. The van der Waals surface area contributed by atoms with Crippen LogP contribution in [-0.4, -0.2) is 31.3 Å². The number of ether oxygens (including phenoxy) is 3. The number of benzene rings is 3. The van der Waals surface area contributed by atoms with Gasteiger partial charge in [0.2, 0.25) is 5.91 Å². The van der Waals surface area contributed by atoms with Gasteiger partial charge in [-0.3, -0.25) is 14.9 Å². The fraction of sp³-hybridized carbons (Fsp3) is 0.167. The number of nitrogens with one attached hydrogen (secondary N) is 1. The summed E-state index contributed by atoms with van der Waals surface area (Å²) in [4.78, 5) is 22.6. The van der Waals surface area contributed by atoms with Gasteiger partial charge < -0.3 is 14.2 Å². The van der Waals surface area contributed by atoms with Crippen LogP contribution < -0.4 is 19.6 Å². The highest BCUT2D eigenvalue weighted by atomic mass is 16.6. The molecular formula is C24H23N3O6. The van der Waals surface area contributed by atoms with Crippen LogP contribution in [0.3, 0.4) is 0 Å². The fourth-order valence-electron chi connectivity index (χ4n) is 2.98. The van der Waals surface area contributed by atoms with Gasteiger partial charge in [-0.2, -0.15) is 5.10 Å². The molecule has 9 nitrogen and oxygen atoms in total. The molecule has 0 aliphatic heterocycles. The summed E-state index contributed by atoms with van der Waals surface area (Å²) in [6.45, 7) is 0.231. The number of hydrazone groups is 1. The van der Waals surface area contributed by atoms with Gasteiger partial charge in [-0.15, -0.1) is 0 Å². The zero-order valence-corrected chi connectivity index (χ0v) is 18.2. The van der Waals surface area contributed by atoms with Crippen molar-refractivity contribution in [3.63, 3.8) is 0 Å². The van der Waals surface area contributed by atoms with Crippen molar-refractivity contribution in [3.05, 3.63) is 93.5 Å². The number of carbonyl (C=O) groups excluding carboxylic acids is 1. The minimum absolute atomic E-state index is 0.0232. The Hall–Kier alpha value is -4.40. The minimum Gasteiger partial charge on any atom is -0.493 e. The Labute approximate surface area is 190 Å². The Morgan fingerprint density at radius 3 is 2.36 bits per heavy atom. The minimum atomic E-state index is -0.449. The van der Waals surface area contributed by atoms with E-state index in [0.717, 1.165) is 11.1 Å². The monoisotopic (exact) mass is 449 g/mol. The number of para-hydroxylation sites is 1. The second-order valence-electron chi connectivity index (χ2n) is 6.91. The molecule has 170 valence electrons. The third kappa shape index (κ3) is 6.54. The lowest BCUT2D eigenvalue weighted by molar-refractivity contribution is -0.384. The summed E-state index contributed by atoms with van der Waals surface area (Å²) in [5.41, 5.74) is 4.74. The average molecular weight is 449 g/mol. The third-order valence-electron chi connectivity index (χ3n) is 4.67. The molecule has 0 atom stereocenters. The van der Waals surface area contributed by atoms with E-state index in [4.69, 9.17) is 14.2 Å². The van der Waals surface area contributed by atoms with Crippen LogP contribution in [0, 0.1) is 10.1 Å². The molecule has 1 N–H and O–H groups in total. The largest absolute Gasteiger partial charge is 0.493 e. The number of methoxy groups -OCH3 is 2. The summed E-state index contributed by atoms with van der Waals surface area (Å²) in [5.74, 6) is 1.41. The van der Waals surface area contributed by atoms with Crippen LogP contribution in [0.5, 0.6) is 17.2 Å². The maximum absolute atomic E-state index is 12.3. The van der Waals surface area contributed by atoms with Crippen LogP contribution in [0.4, 0.5) is 5.69 Å². The maximum Gasteiger partial charge on any atom is 0.269 e. The summed E-state index contributed by atoms with van der Waals surface area (Å²) in [5, 5.41) is 14.8. The van der Waals surface area contributed by atoms with Gasteiger partial charge in [0, 0.05) is 17.7 Å². The number of nitro benzene ring substituents is 1. The molecule has 0 saturated heterocycles. The Balaban J connectivity index is 1.58. The van der Waals surface area contributed by atoms with Crippen molar-refractivity contribution < 1.29 is 23.9 Å². The van der Waals surface area contributed by atoms with Gasteiger partial charge in [-0.25, -0.2) is 5.43 Å². The molecule has 0 fully saturated rings. The van der Waals surface area contributed by atoms with E-state index in [2.05, 4.69) is 10.5 Å². The van der Waals surface area contributed by atoms with Crippen molar-refractivity contribution in [1.29, 1.82) is 0 Å². The summed E-state index contributed by atoms with van der Waals surface area (Å²) in [6, 6.07) is 18.6. The van der Waals surface area contributed by atoms with Crippen molar-refractivity contribution in [1.82, 2.24) is 5.43 Å². The number of nitro groups is 1. The van der Waals surface area contributed by atoms with Crippen LogP contribution in [-0.2, 0) is 17.8 Å². The molecule has 3 aromatic carbocycles. The Kier molecular flexibility index (Phi) is 7.96. The number of carbonyl (C=O) groups is 1. The number of amides is 1. The van der Waals surface area contributed by atoms with E-state index >= 15 is 0 Å². The van der Waals surface area contributed by atoms with Crippen LogP contribution in [0.15, 0.2) is 71.8 Å². The highest BCUT2D eigenvalue weighted by Crippen LogP contribution is 2.27. The summed E-state index contributed by atoms with van der Waals surface area (Å²) in [6.07, 6.45) is 1.62. The average Bonchev–Trinajstić information content (AvgIpc) is 2.83. The number of hydrogen-bond donors (Lipinski definition) is 1. The van der Waals surface area contributed by atoms with E-state index in [1.165, 1.54) is 25.5 Å². The summed E-state index contributed by atoms with van der Waals surface area (Å²) in [7, 11) is 3.08. The zero-order chi connectivity index (χ0) is 23.6. The quantitative estimate of drug-likeness (QED) is 0.286. The van der Waals surface area contributed by atoms with E-state index < -0.39 is 4.92 Å². The molecular weight excluding hydrogens is 426 g/mol. The predicted molar refractivity (Wildman–Crippen MR) is 123 cm³/mol. The normalized spacial score (nSPS) is 10.6. The molecule has 0 bridgehead atoms. The molecule has 9 heteroatoms. The first-order valence-electron chi connectivity index (χ1n) is 9.98. The third-order valence-corrected chi connectivity index (χ3v) is 4.67. The molecule has 3 rings (SSSR count). The smallest absolute Gasteiger partial charge is 0.269 e. The Morgan fingerprint density at radius 1 is 0.970 bits per heavy atom. The van der Waals surface area contributed by atoms with Gasteiger partial charge in [0.05, 0.1) is 31.8 Å². The number of rotatable bonds is 10. The van der Waals surface area contributed by atoms with E-state index in [9.17, 15) is 14.9 Å². The molecule has 0 aromatic heterocycles. The van der Waals surface area contributed by atoms with Crippen LogP contribution in [0.25, 0.3) is 0 Å². The topological polar surface area (TPSA) is 112 Å². The highest BCUT2D eigenvalue weighted by molar-refractivity contribution is 5.85. The van der Waals surface area contributed by atoms with Crippen molar-refractivity contribution in [3.8, 4) is 17.2 Å². The summed E-state index contributed by atoms with van der Waals surface area (Å²) >= 11 is 0. The van der Waals surface area contributed by atoms with Crippen LogP contribution in [0.2, 0.25) is 0 Å². The molecule has 0 saturated carbocycles. The van der Waals surface area contributed by atoms with Crippen molar-refractivity contribution >= 4 is 17.8 Å². The lowest BCUT2D eigenvalue weighted by atomic mass is 10.1. The molecule has 0 aliphatic rings. The molecule has 0 radical (unpaired) electrons. The van der Waals surface area contributed by atoms with E-state index in [1.54, 1.807) is 49.6 Å². The molecule has 0 aliphatic carbocycles. The predicted octanol–water partition coefficient (Wildman–Crippen LogP) is 3.88. The Morgan fingerprint density at radius 2 is 1.67 bits per heavy atom. The lowest BCUT2D eigenvalue weighted by Crippen LogP contribution is -2.19. The SMILES string of the molecule is COc1ccc(CC(=O)N/N=C/c2ccccc2OCc2ccc([N+](=O)[O-])cc2)cc1OC. The lowest BCUT2D eigenvalue weighted by Gasteiger charge is -2.09. The molecule has 33 heavy (non-hydrogen) atoms. The van der Waals surface area contributed by atoms with E-state index in [-0.39, 0.29) is 24.6 Å². The Bertz CT molecular complexity index is 1150. The highest BCUT2D eigenvalue weighted by Gasteiger charge is 2.09. The first kappa shape index (κ1) is 23.3. The van der Waals surface area contributed by atoms with Gasteiger partial charge in [0.15, 0.2) is 11.5 Å². The van der Waals surface area contributed by atoms with Crippen molar-refractivity contribution in [2.45, 2.75) is 13.0 Å². The first-order chi connectivity index (χ1) is 16.0. The van der Waals surface area contributed by atoms with E-state index in [1.807, 2.05) is 12.1 Å². The fourth-order valence-corrected chi connectivity index (χ4v) is 2.98. The van der Waals surface area contributed by atoms with Gasteiger partial charge in [-0.05, 0) is 47.5 Å². The molecule has 0 heterocycles. The van der Waals surface area contributed by atoms with Crippen LogP contribution in [0.1, 0.15) is 16.7 Å². The van der Waals surface area contributed by atoms with Gasteiger partial charge >= 0.3 is 0 Å². The number of nitrogens with zero attached hydrogens (tertiary/aromatic N) is 2. The summed E-state index contributed by atoms with van der Waals surface area (Å²) < 4.78 is 16.3. The second kappa shape index (κ2) is 11.3. The maximum atomic E-state index is 12.3. The van der Waals surface area contributed by atoms with Gasteiger partial charge in [-0.1, -0.05) is 18.2 Å². The van der Waals surface area contributed by atoms with Crippen molar-refractivity contribution in [2.24, 2.45) is 5.10 Å². The zero-order valence-electron chi connectivity index (χ0n) is 18.2. The van der Waals surface area contributed by atoms with Crippen LogP contribution >= 0.6 is 0 Å². The van der Waals surface area contributed by atoms with Gasteiger partial charge in [0.1, 0.15) is 12.4 Å². The van der Waals surface area contributed by atoms with Crippen molar-refractivity contribution in [2.75, 3.05) is 14.2 Å². The standard InChI is InChI=1S/C24H23N3O6/c1-31-22-12-9-18(13-23(22)32-2)14-24(28)26-25-15-19-5-3-4-6-21(19)33-16-17-7-10-20(11-8-17)27(29)30/h3-13,15H,14,16H2,1-2H3,(H,26,28)/b25-15+. The van der Waals surface area contributed by atoms with E-state index in [0.29, 0.717) is 22.8 Å². The molecule has 0 spiro atoms.